The first-order chi connectivity index (χ1) is 14.4. The lowest BCUT2D eigenvalue weighted by Crippen LogP contribution is -2.59. The van der Waals surface area contributed by atoms with Gasteiger partial charge in [0, 0.05) is 31.2 Å². The molecule has 1 N–H and O–H groups in total. The normalized spacial score (nSPS) is 15.3. The Morgan fingerprint density at radius 2 is 1.67 bits per heavy atom. The molecule has 0 bridgehead atoms. The van der Waals surface area contributed by atoms with E-state index in [9.17, 15) is 18.8 Å². The average Bonchev–Trinajstić information content (AvgIpc) is 2.74. The average molecular weight is 432 g/mol. The minimum Gasteiger partial charge on any atom is -0.350 e. The van der Waals surface area contributed by atoms with Gasteiger partial charge in [-0.2, -0.15) is 0 Å². The lowest BCUT2D eigenvalue weighted by atomic mass is 10.1. The van der Waals surface area contributed by atoms with Crippen LogP contribution >= 0.6 is 11.6 Å². The molecular weight excluding hydrogens is 409 g/mol. The van der Waals surface area contributed by atoms with Crippen molar-refractivity contribution in [2.75, 3.05) is 13.1 Å². The SMILES string of the molecule is CC[C@H](C(=O)NCc1ccc(Cl)cc1)N1CCN(Cc2ccc(F)cc2)C(=O)C1=O. The molecule has 0 radical (unpaired) electrons. The van der Waals surface area contributed by atoms with Crippen molar-refractivity contribution in [3.63, 3.8) is 0 Å². The molecule has 1 atom stereocenters. The fourth-order valence-corrected chi connectivity index (χ4v) is 3.53. The molecule has 0 aliphatic carbocycles. The first-order valence-electron chi connectivity index (χ1n) is 9.75. The van der Waals surface area contributed by atoms with Gasteiger partial charge < -0.3 is 15.1 Å². The summed E-state index contributed by atoms with van der Waals surface area (Å²) in [7, 11) is 0. The Kier molecular flexibility index (Phi) is 7.05. The quantitative estimate of drug-likeness (QED) is 0.685. The van der Waals surface area contributed by atoms with Crippen LogP contribution in [0.3, 0.4) is 0 Å². The number of carbonyl (C=O) groups excluding carboxylic acids is 3. The van der Waals surface area contributed by atoms with Crippen LogP contribution < -0.4 is 5.32 Å². The molecular formula is C22H23ClFN3O3. The van der Waals surface area contributed by atoms with Crippen LogP contribution in [0, 0.1) is 5.82 Å². The van der Waals surface area contributed by atoms with Gasteiger partial charge in [-0.05, 0) is 41.8 Å². The van der Waals surface area contributed by atoms with E-state index in [1.54, 1.807) is 31.2 Å². The Bertz CT molecular complexity index is 918. The highest BCUT2D eigenvalue weighted by atomic mass is 35.5. The van der Waals surface area contributed by atoms with E-state index in [1.807, 2.05) is 12.1 Å². The summed E-state index contributed by atoms with van der Waals surface area (Å²) in [4.78, 5) is 40.7. The highest BCUT2D eigenvalue weighted by Gasteiger charge is 2.38. The number of piperazine rings is 1. The van der Waals surface area contributed by atoms with Gasteiger partial charge in [0.1, 0.15) is 11.9 Å². The Hall–Kier alpha value is -2.93. The maximum Gasteiger partial charge on any atom is 0.312 e. The minimum atomic E-state index is -0.721. The van der Waals surface area contributed by atoms with Gasteiger partial charge in [-0.3, -0.25) is 14.4 Å². The van der Waals surface area contributed by atoms with Gasteiger partial charge in [0.15, 0.2) is 0 Å². The highest BCUT2D eigenvalue weighted by molar-refractivity contribution is 6.35. The molecule has 2 aromatic rings. The van der Waals surface area contributed by atoms with E-state index in [-0.39, 0.29) is 24.8 Å². The molecule has 6 nitrogen and oxygen atoms in total. The van der Waals surface area contributed by atoms with E-state index in [2.05, 4.69) is 5.32 Å². The summed E-state index contributed by atoms with van der Waals surface area (Å²) in [5.41, 5.74) is 1.62. The third-order valence-electron chi connectivity index (χ3n) is 5.07. The number of hydrogen-bond acceptors (Lipinski definition) is 3. The Morgan fingerprint density at radius 1 is 1.03 bits per heavy atom. The monoisotopic (exact) mass is 431 g/mol. The maximum absolute atomic E-state index is 13.1. The van der Waals surface area contributed by atoms with Crippen LogP contribution in [0.5, 0.6) is 0 Å². The summed E-state index contributed by atoms with van der Waals surface area (Å²) >= 11 is 5.86. The second-order valence-corrected chi connectivity index (χ2v) is 7.56. The first kappa shape index (κ1) is 21.8. The Labute approximate surface area is 179 Å². The third-order valence-corrected chi connectivity index (χ3v) is 5.33. The molecule has 1 heterocycles. The number of nitrogens with zero attached hydrogens (tertiary/aromatic N) is 2. The molecule has 3 amide bonds. The highest BCUT2D eigenvalue weighted by Crippen LogP contribution is 2.16. The summed E-state index contributed by atoms with van der Waals surface area (Å²) in [5, 5.41) is 3.43. The van der Waals surface area contributed by atoms with Crippen LogP contribution in [-0.4, -0.2) is 46.7 Å². The van der Waals surface area contributed by atoms with Crippen molar-refractivity contribution in [2.24, 2.45) is 0 Å². The second kappa shape index (κ2) is 9.71. The van der Waals surface area contributed by atoms with Crippen molar-refractivity contribution in [3.8, 4) is 0 Å². The zero-order chi connectivity index (χ0) is 21.7. The van der Waals surface area contributed by atoms with E-state index in [4.69, 9.17) is 11.6 Å². The molecule has 0 unspecified atom stereocenters. The minimum absolute atomic E-state index is 0.220. The van der Waals surface area contributed by atoms with Crippen molar-refractivity contribution in [1.29, 1.82) is 0 Å². The number of nitrogens with one attached hydrogen (secondary N) is 1. The molecule has 8 heteroatoms. The summed E-state index contributed by atoms with van der Waals surface area (Å²) in [5.74, 6) is -2.02. The van der Waals surface area contributed by atoms with E-state index in [1.165, 1.54) is 21.9 Å². The Balaban J connectivity index is 1.60. The molecule has 1 fully saturated rings. The van der Waals surface area contributed by atoms with E-state index < -0.39 is 17.9 Å². The van der Waals surface area contributed by atoms with E-state index in [0.29, 0.717) is 24.5 Å². The predicted molar refractivity (Wildman–Crippen MR) is 111 cm³/mol. The zero-order valence-electron chi connectivity index (χ0n) is 16.6. The molecule has 0 spiro atoms. The summed E-state index contributed by atoms with van der Waals surface area (Å²) in [6.45, 7) is 2.90. The van der Waals surface area contributed by atoms with Gasteiger partial charge in [0.2, 0.25) is 5.91 Å². The van der Waals surface area contributed by atoms with Crippen molar-refractivity contribution in [1.82, 2.24) is 15.1 Å². The van der Waals surface area contributed by atoms with Crippen LogP contribution in [0.1, 0.15) is 24.5 Å². The molecule has 1 aliphatic rings. The third kappa shape index (κ3) is 5.16. The number of amides is 3. The molecule has 2 aromatic carbocycles. The van der Waals surface area contributed by atoms with Gasteiger partial charge >= 0.3 is 11.8 Å². The number of hydrogen-bond donors (Lipinski definition) is 1. The fraction of sp³-hybridized carbons (Fsp3) is 0.318. The van der Waals surface area contributed by atoms with Gasteiger partial charge in [0.05, 0.1) is 0 Å². The molecule has 1 aliphatic heterocycles. The number of carbonyl (C=O) groups is 3. The first-order valence-corrected chi connectivity index (χ1v) is 10.1. The van der Waals surface area contributed by atoms with Crippen molar-refractivity contribution in [3.05, 3.63) is 70.5 Å². The van der Waals surface area contributed by atoms with Crippen LogP contribution in [0.25, 0.3) is 0 Å². The van der Waals surface area contributed by atoms with Crippen LogP contribution in [-0.2, 0) is 27.5 Å². The second-order valence-electron chi connectivity index (χ2n) is 7.12. The number of halogens is 2. The van der Waals surface area contributed by atoms with Crippen LogP contribution in [0.15, 0.2) is 48.5 Å². The topological polar surface area (TPSA) is 69.7 Å². The van der Waals surface area contributed by atoms with Crippen molar-refractivity contribution in [2.45, 2.75) is 32.5 Å². The van der Waals surface area contributed by atoms with Gasteiger partial charge in [-0.1, -0.05) is 42.8 Å². The van der Waals surface area contributed by atoms with E-state index >= 15 is 0 Å². The maximum atomic E-state index is 13.1. The summed E-state index contributed by atoms with van der Waals surface area (Å²) < 4.78 is 13.1. The largest absolute Gasteiger partial charge is 0.350 e. The molecule has 1 saturated heterocycles. The van der Waals surface area contributed by atoms with Crippen molar-refractivity contribution >= 4 is 29.3 Å². The summed E-state index contributed by atoms with van der Waals surface area (Å²) in [6, 6.07) is 12.2. The van der Waals surface area contributed by atoms with E-state index in [0.717, 1.165) is 11.1 Å². The zero-order valence-corrected chi connectivity index (χ0v) is 17.4. The lowest BCUT2D eigenvalue weighted by Gasteiger charge is -2.37. The van der Waals surface area contributed by atoms with Gasteiger partial charge in [-0.25, -0.2) is 4.39 Å². The fourth-order valence-electron chi connectivity index (χ4n) is 3.40. The number of benzene rings is 2. The number of rotatable bonds is 7. The Morgan fingerprint density at radius 3 is 2.30 bits per heavy atom. The standard InChI is InChI=1S/C22H23ClFN3O3/c1-2-19(20(28)25-13-15-3-7-17(23)8-4-15)27-12-11-26(21(29)22(27)30)14-16-5-9-18(24)10-6-16/h3-10,19H,2,11-14H2,1H3,(H,25,28)/t19-/m1/s1. The molecule has 0 saturated carbocycles. The van der Waals surface area contributed by atoms with Gasteiger partial charge in [0.25, 0.3) is 0 Å². The molecule has 3 rings (SSSR count). The smallest absolute Gasteiger partial charge is 0.312 e. The molecule has 0 aromatic heterocycles. The van der Waals surface area contributed by atoms with Crippen LogP contribution in [0.2, 0.25) is 5.02 Å². The summed E-state index contributed by atoms with van der Waals surface area (Å²) in [6.07, 6.45) is 0.392. The predicted octanol–water partition coefficient (Wildman–Crippen LogP) is 2.74. The molecule has 158 valence electrons. The van der Waals surface area contributed by atoms with Crippen molar-refractivity contribution < 1.29 is 18.8 Å². The van der Waals surface area contributed by atoms with Crippen LogP contribution in [0.4, 0.5) is 4.39 Å². The molecule has 30 heavy (non-hydrogen) atoms. The lowest BCUT2D eigenvalue weighted by molar-refractivity contribution is -0.159. The van der Waals surface area contributed by atoms with Gasteiger partial charge in [-0.15, -0.1) is 0 Å².